The van der Waals surface area contributed by atoms with Gasteiger partial charge >= 0.3 is 0 Å². The van der Waals surface area contributed by atoms with Crippen molar-refractivity contribution in [2.24, 2.45) is 0 Å². The van der Waals surface area contributed by atoms with Gasteiger partial charge in [0.15, 0.2) is 0 Å². The molecule has 1 N–H and O–H groups in total. The fourth-order valence-corrected chi connectivity index (χ4v) is 4.96. The SMILES string of the molecule is O=C(Nc1ccccn1)C1CCCN1C(c1ccc(F)cc1)C(c1cccnc1)c1cccnc1. The van der Waals surface area contributed by atoms with Crippen LogP contribution in [-0.4, -0.2) is 38.3 Å². The normalized spacial score (nSPS) is 16.8. The number of halogens is 1. The van der Waals surface area contributed by atoms with Gasteiger partial charge in [-0.3, -0.25) is 19.7 Å². The first-order valence-electron chi connectivity index (χ1n) is 11.7. The lowest BCUT2D eigenvalue weighted by molar-refractivity contribution is -0.121. The molecule has 2 unspecified atom stereocenters. The van der Waals surface area contributed by atoms with Crippen molar-refractivity contribution in [3.05, 3.63) is 120 Å². The number of anilines is 1. The van der Waals surface area contributed by atoms with E-state index in [4.69, 9.17) is 0 Å². The predicted molar refractivity (Wildman–Crippen MR) is 132 cm³/mol. The van der Waals surface area contributed by atoms with Crippen LogP contribution in [0.2, 0.25) is 0 Å². The van der Waals surface area contributed by atoms with E-state index < -0.39 is 0 Å². The highest BCUT2D eigenvalue weighted by Crippen LogP contribution is 2.43. The Hall–Kier alpha value is -3.97. The molecule has 176 valence electrons. The highest BCUT2D eigenvalue weighted by atomic mass is 19.1. The minimum atomic E-state index is -0.358. The minimum absolute atomic E-state index is 0.0931. The van der Waals surface area contributed by atoms with Gasteiger partial charge in [-0.05, 0) is 72.5 Å². The van der Waals surface area contributed by atoms with Gasteiger partial charge in [0.2, 0.25) is 5.91 Å². The molecule has 3 aromatic heterocycles. The van der Waals surface area contributed by atoms with Gasteiger partial charge in [0, 0.05) is 42.9 Å². The first kappa shape index (κ1) is 22.8. The van der Waals surface area contributed by atoms with Crippen molar-refractivity contribution in [1.29, 1.82) is 0 Å². The van der Waals surface area contributed by atoms with Crippen molar-refractivity contribution in [3.8, 4) is 0 Å². The zero-order valence-electron chi connectivity index (χ0n) is 19.2. The number of rotatable bonds is 7. The predicted octanol–water partition coefficient (Wildman–Crippen LogP) is 4.99. The van der Waals surface area contributed by atoms with Gasteiger partial charge in [0.1, 0.15) is 11.6 Å². The van der Waals surface area contributed by atoms with E-state index in [1.165, 1.54) is 12.1 Å². The standard InChI is InChI=1S/C28H26FN5O/c29-23-12-10-20(11-13-23)27(26(21-6-3-14-30-18-21)22-7-4-15-31-19-22)34-17-5-8-24(34)28(35)33-25-9-1-2-16-32-25/h1-4,6-7,9-16,18-19,24,26-27H,5,8,17H2,(H,32,33,35). The average molecular weight is 468 g/mol. The first-order valence-corrected chi connectivity index (χ1v) is 11.7. The monoisotopic (exact) mass is 467 g/mol. The molecule has 0 radical (unpaired) electrons. The largest absolute Gasteiger partial charge is 0.309 e. The Labute approximate surface area is 203 Å². The van der Waals surface area contributed by atoms with E-state index >= 15 is 0 Å². The topological polar surface area (TPSA) is 71.0 Å². The summed E-state index contributed by atoms with van der Waals surface area (Å²) in [5.74, 6) is -0.0213. The van der Waals surface area contributed by atoms with Crippen molar-refractivity contribution >= 4 is 11.7 Å². The molecule has 7 heteroatoms. The van der Waals surface area contributed by atoms with E-state index in [2.05, 4.69) is 25.2 Å². The Morgan fingerprint density at radius 3 is 2.20 bits per heavy atom. The third-order valence-corrected chi connectivity index (χ3v) is 6.48. The van der Waals surface area contributed by atoms with Gasteiger partial charge in [-0.15, -0.1) is 0 Å². The smallest absolute Gasteiger partial charge is 0.242 e. The van der Waals surface area contributed by atoms with Crippen LogP contribution in [0, 0.1) is 5.82 Å². The highest BCUT2D eigenvalue weighted by molar-refractivity contribution is 5.94. The average Bonchev–Trinajstić information content (AvgIpc) is 3.39. The summed E-state index contributed by atoms with van der Waals surface area (Å²) in [6, 6.07) is 19.3. The van der Waals surface area contributed by atoms with E-state index in [1.54, 1.807) is 24.7 Å². The Kier molecular flexibility index (Phi) is 6.86. The Balaban J connectivity index is 1.58. The number of likely N-dealkylation sites (tertiary alicyclic amines) is 1. The van der Waals surface area contributed by atoms with E-state index in [0.717, 1.165) is 36.1 Å². The Morgan fingerprint density at radius 1 is 0.886 bits per heavy atom. The summed E-state index contributed by atoms with van der Waals surface area (Å²) >= 11 is 0. The molecule has 2 atom stereocenters. The summed E-state index contributed by atoms with van der Waals surface area (Å²) in [5, 5.41) is 2.97. The van der Waals surface area contributed by atoms with Gasteiger partial charge in [-0.2, -0.15) is 0 Å². The van der Waals surface area contributed by atoms with Crippen molar-refractivity contribution in [3.63, 3.8) is 0 Å². The maximum Gasteiger partial charge on any atom is 0.242 e. The molecule has 4 aromatic rings. The van der Waals surface area contributed by atoms with Gasteiger partial charge in [-0.1, -0.05) is 30.3 Å². The molecule has 6 nitrogen and oxygen atoms in total. The zero-order valence-corrected chi connectivity index (χ0v) is 19.2. The Morgan fingerprint density at radius 2 is 1.60 bits per heavy atom. The second-order valence-electron chi connectivity index (χ2n) is 8.65. The fourth-order valence-electron chi connectivity index (χ4n) is 4.96. The molecule has 4 heterocycles. The Bertz CT molecular complexity index is 1200. The molecule has 1 aliphatic rings. The second-order valence-corrected chi connectivity index (χ2v) is 8.65. The van der Waals surface area contributed by atoms with Gasteiger partial charge in [0.25, 0.3) is 0 Å². The van der Waals surface area contributed by atoms with Gasteiger partial charge < -0.3 is 5.32 Å². The number of nitrogens with zero attached hydrogens (tertiary/aromatic N) is 4. The number of benzene rings is 1. The van der Waals surface area contributed by atoms with Crippen LogP contribution in [0.25, 0.3) is 0 Å². The van der Waals surface area contributed by atoms with E-state index in [-0.39, 0.29) is 29.7 Å². The molecule has 1 saturated heterocycles. The molecule has 35 heavy (non-hydrogen) atoms. The third-order valence-electron chi connectivity index (χ3n) is 6.48. The number of hydrogen-bond donors (Lipinski definition) is 1. The lowest BCUT2D eigenvalue weighted by atomic mass is 9.81. The maximum absolute atomic E-state index is 13.9. The second kappa shape index (κ2) is 10.5. The van der Waals surface area contributed by atoms with Crippen molar-refractivity contribution in [2.45, 2.75) is 30.8 Å². The fraction of sp³-hybridized carbons (Fsp3) is 0.214. The maximum atomic E-state index is 13.9. The number of carbonyl (C=O) groups is 1. The molecule has 0 aliphatic carbocycles. The molecule has 0 spiro atoms. The summed E-state index contributed by atoms with van der Waals surface area (Å²) in [7, 11) is 0. The van der Waals surface area contributed by atoms with Crippen molar-refractivity contribution in [2.75, 3.05) is 11.9 Å². The van der Waals surface area contributed by atoms with E-state index in [0.29, 0.717) is 5.82 Å². The molecule has 1 amide bonds. The van der Waals surface area contributed by atoms with E-state index in [9.17, 15) is 9.18 Å². The summed E-state index contributed by atoms with van der Waals surface area (Å²) in [5.41, 5.74) is 2.94. The molecule has 1 aromatic carbocycles. The molecule has 1 aliphatic heterocycles. The number of hydrogen-bond acceptors (Lipinski definition) is 5. The van der Waals surface area contributed by atoms with Crippen molar-refractivity contribution in [1.82, 2.24) is 19.9 Å². The number of carbonyl (C=O) groups excluding carboxylic acids is 1. The molecule has 1 fully saturated rings. The number of aromatic nitrogens is 3. The summed E-state index contributed by atoms with van der Waals surface area (Å²) < 4.78 is 13.9. The number of pyridine rings is 3. The van der Waals surface area contributed by atoms with Crippen LogP contribution in [-0.2, 0) is 4.79 Å². The minimum Gasteiger partial charge on any atom is -0.309 e. The van der Waals surface area contributed by atoms with Crippen LogP contribution >= 0.6 is 0 Å². The summed E-state index contributed by atoms with van der Waals surface area (Å²) in [4.78, 5) is 28.7. The molecule has 0 saturated carbocycles. The van der Waals surface area contributed by atoms with Crippen molar-refractivity contribution < 1.29 is 9.18 Å². The van der Waals surface area contributed by atoms with Crippen LogP contribution in [0.15, 0.2) is 97.7 Å². The quantitative estimate of drug-likeness (QED) is 0.415. The summed E-state index contributed by atoms with van der Waals surface area (Å²) in [6.45, 7) is 0.735. The van der Waals surface area contributed by atoms with Gasteiger partial charge in [-0.25, -0.2) is 9.37 Å². The first-order chi connectivity index (χ1) is 17.2. The zero-order chi connectivity index (χ0) is 24.0. The molecular weight excluding hydrogens is 441 g/mol. The van der Waals surface area contributed by atoms with Crippen LogP contribution in [0.3, 0.4) is 0 Å². The van der Waals surface area contributed by atoms with Crippen LogP contribution in [0.1, 0.15) is 41.5 Å². The number of nitrogens with one attached hydrogen (secondary N) is 1. The van der Waals surface area contributed by atoms with E-state index in [1.807, 2.05) is 60.9 Å². The molecular formula is C28H26FN5O. The number of amides is 1. The summed E-state index contributed by atoms with van der Waals surface area (Å²) in [6.07, 6.45) is 10.5. The molecule has 0 bridgehead atoms. The molecule has 5 rings (SSSR count). The van der Waals surface area contributed by atoms with Gasteiger partial charge in [0.05, 0.1) is 6.04 Å². The van der Waals surface area contributed by atoms with Crippen LogP contribution in [0.4, 0.5) is 10.2 Å². The van der Waals surface area contributed by atoms with Crippen LogP contribution in [0.5, 0.6) is 0 Å². The third kappa shape index (κ3) is 5.10. The lowest BCUT2D eigenvalue weighted by Crippen LogP contribution is -2.44. The highest BCUT2D eigenvalue weighted by Gasteiger charge is 2.41. The van der Waals surface area contributed by atoms with Crippen LogP contribution < -0.4 is 5.32 Å². The lowest BCUT2D eigenvalue weighted by Gasteiger charge is -2.38.